The van der Waals surface area contributed by atoms with Gasteiger partial charge >= 0.3 is 0 Å². The molecule has 0 fully saturated rings. The van der Waals surface area contributed by atoms with E-state index in [1.54, 1.807) is 11.3 Å². The van der Waals surface area contributed by atoms with E-state index in [1.165, 1.54) is 0 Å². The van der Waals surface area contributed by atoms with Crippen LogP contribution in [0.3, 0.4) is 0 Å². The van der Waals surface area contributed by atoms with E-state index in [4.69, 9.17) is 9.84 Å². The number of hydrogen-bond donors (Lipinski definition) is 0. The van der Waals surface area contributed by atoms with Gasteiger partial charge in [0, 0.05) is 26.5 Å². The molecule has 1 aromatic heterocycles. The van der Waals surface area contributed by atoms with Crippen molar-refractivity contribution in [1.29, 1.82) is 0 Å². The maximum atomic E-state index is 13.3. The number of fused-ring (bicyclic) bond motifs is 3. The quantitative estimate of drug-likeness (QED) is 0.398. The van der Waals surface area contributed by atoms with Crippen LogP contribution in [0.4, 0.5) is 0 Å². The molecule has 0 bridgehead atoms. The molecule has 2 atom stereocenters. The van der Waals surface area contributed by atoms with E-state index in [2.05, 4.69) is 44.0 Å². The molecule has 0 saturated heterocycles. The molecule has 2 aliphatic rings. The molecule has 140 valence electrons. The number of rotatable bonds is 3. The summed E-state index contributed by atoms with van der Waals surface area (Å²) in [5, 5.41) is 8.69. The van der Waals surface area contributed by atoms with Crippen LogP contribution in [0.25, 0.3) is 0 Å². The molecule has 4 nitrogen and oxygen atoms in total. The molecule has 28 heavy (non-hydrogen) atoms. The summed E-state index contributed by atoms with van der Waals surface area (Å²) in [6.07, 6.45) is -0.0328. The molecule has 2 unspecified atom stereocenters. The molecule has 5 rings (SSSR count). The number of ether oxygens (including phenoxy) is 1. The van der Waals surface area contributed by atoms with Crippen LogP contribution in [-0.2, 0) is 0 Å². The van der Waals surface area contributed by atoms with Gasteiger partial charge in [0.2, 0.25) is 5.78 Å². The fourth-order valence-corrected chi connectivity index (χ4v) is 4.94. The monoisotopic (exact) mass is 516 g/mol. The van der Waals surface area contributed by atoms with Gasteiger partial charge in [-0.2, -0.15) is 5.10 Å². The normalized spacial score (nSPS) is 20.2. The second-order valence-corrected chi connectivity index (χ2v) is 9.43. The van der Waals surface area contributed by atoms with Gasteiger partial charge in [0.15, 0.2) is 0 Å². The van der Waals surface area contributed by atoms with Crippen molar-refractivity contribution in [2.24, 2.45) is 5.10 Å². The summed E-state index contributed by atoms with van der Waals surface area (Å²) in [5.74, 6) is 0.643. The molecule has 0 N–H and O–H groups in total. The first-order valence-corrected chi connectivity index (χ1v) is 11.2. The van der Waals surface area contributed by atoms with Crippen LogP contribution in [0.5, 0.6) is 5.75 Å². The highest BCUT2D eigenvalue weighted by Crippen LogP contribution is 2.44. The van der Waals surface area contributed by atoms with Crippen molar-refractivity contribution in [1.82, 2.24) is 5.01 Å². The molecule has 2 aliphatic heterocycles. The van der Waals surface area contributed by atoms with Gasteiger partial charge in [-0.15, -0.1) is 11.3 Å². The molecule has 0 amide bonds. The van der Waals surface area contributed by atoms with Gasteiger partial charge in [0.05, 0.1) is 16.6 Å². The summed E-state index contributed by atoms with van der Waals surface area (Å²) in [4.78, 5) is 14.4. The maximum Gasteiger partial charge on any atom is 0.251 e. The van der Waals surface area contributed by atoms with Gasteiger partial charge in [0.1, 0.15) is 5.75 Å². The summed E-state index contributed by atoms with van der Waals surface area (Å²) in [5.41, 5.74) is 2.64. The van der Waals surface area contributed by atoms with Crippen molar-refractivity contribution in [3.63, 3.8) is 0 Å². The predicted octanol–water partition coefficient (Wildman–Crippen LogP) is 6.03. The van der Waals surface area contributed by atoms with Crippen molar-refractivity contribution >= 4 is 54.7 Å². The molecule has 0 saturated carbocycles. The van der Waals surface area contributed by atoms with Crippen molar-refractivity contribution in [3.8, 4) is 5.75 Å². The first kappa shape index (κ1) is 18.1. The lowest BCUT2D eigenvalue weighted by atomic mass is 9.97. The molecule has 3 aromatic rings. The smallest absolute Gasteiger partial charge is 0.251 e. The van der Waals surface area contributed by atoms with Crippen LogP contribution in [0.2, 0.25) is 0 Å². The van der Waals surface area contributed by atoms with E-state index >= 15 is 0 Å². The first-order chi connectivity index (χ1) is 13.6. The molecule has 0 aliphatic carbocycles. The Morgan fingerprint density at radius 3 is 2.64 bits per heavy atom. The third kappa shape index (κ3) is 3.11. The minimum atomic E-state index is -0.780. The minimum Gasteiger partial charge on any atom is -0.461 e. The van der Waals surface area contributed by atoms with Crippen LogP contribution >= 0.6 is 43.2 Å². The summed E-state index contributed by atoms with van der Waals surface area (Å²) in [7, 11) is 0. The van der Waals surface area contributed by atoms with E-state index in [9.17, 15) is 4.79 Å². The Labute approximate surface area is 183 Å². The van der Waals surface area contributed by atoms with Crippen LogP contribution in [-0.4, -0.2) is 22.7 Å². The molecule has 3 heterocycles. The molecule has 0 radical (unpaired) electrons. The van der Waals surface area contributed by atoms with E-state index < -0.39 is 6.23 Å². The average Bonchev–Trinajstić information content (AvgIpc) is 3.37. The number of hydrogen-bond acceptors (Lipinski definition) is 5. The zero-order chi connectivity index (χ0) is 19.3. The topological polar surface area (TPSA) is 41.9 Å². The Balaban J connectivity index is 1.57. The van der Waals surface area contributed by atoms with Gasteiger partial charge in [-0.3, -0.25) is 4.79 Å². The van der Waals surface area contributed by atoms with Crippen molar-refractivity contribution in [2.75, 3.05) is 0 Å². The van der Waals surface area contributed by atoms with E-state index in [1.807, 2.05) is 52.9 Å². The number of nitrogens with zero attached hydrogens (tertiary/aromatic N) is 2. The van der Waals surface area contributed by atoms with E-state index in [-0.39, 0.29) is 11.8 Å². The van der Waals surface area contributed by atoms with Gasteiger partial charge in [-0.25, -0.2) is 5.01 Å². The number of carbonyl (C=O) groups excluding carboxylic acids is 1. The lowest BCUT2D eigenvalue weighted by molar-refractivity contribution is -0.00459. The number of benzene rings is 2. The maximum absolute atomic E-state index is 13.3. The zero-order valence-electron chi connectivity index (χ0n) is 14.5. The van der Waals surface area contributed by atoms with Gasteiger partial charge in [-0.05, 0) is 41.8 Å². The molecular formula is C21H14Br2N2O2S. The molecular weight excluding hydrogens is 504 g/mol. The second-order valence-electron chi connectivity index (χ2n) is 6.65. The zero-order valence-corrected chi connectivity index (χ0v) is 18.5. The lowest BCUT2D eigenvalue weighted by Gasteiger charge is -2.37. The number of hydrazone groups is 1. The van der Waals surface area contributed by atoms with Crippen molar-refractivity contribution < 1.29 is 9.53 Å². The summed E-state index contributed by atoms with van der Waals surface area (Å²) < 4.78 is 8.07. The van der Waals surface area contributed by atoms with Gasteiger partial charge in [0.25, 0.3) is 6.23 Å². The largest absolute Gasteiger partial charge is 0.461 e. The highest BCUT2D eigenvalue weighted by atomic mass is 79.9. The summed E-state index contributed by atoms with van der Waals surface area (Å²) >= 11 is 8.62. The Hall–Kier alpha value is -1.96. The number of thiophene rings is 1. The first-order valence-electron chi connectivity index (χ1n) is 8.76. The van der Waals surface area contributed by atoms with Crippen molar-refractivity contribution in [3.05, 3.63) is 84.9 Å². The van der Waals surface area contributed by atoms with E-state index in [0.29, 0.717) is 5.56 Å². The Bertz CT molecular complexity index is 1080. The Morgan fingerprint density at radius 2 is 1.89 bits per heavy atom. The lowest BCUT2D eigenvalue weighted by Crippen LogP contribution is -2.45. The average molecular weight is 518 g/mol. The summed E-state index contributed by atoms with van der Waals surface area (Å²) in [6, 6.07) is 17.3. The summed E-state index contributed by atoms with van der Waals surface area (Å²) in [6.45, 7) is 0. The molecule has 2 aromatic carbocycles. The Morgan fingerprint density at radius 1 is 1.11 bits per heavy atom. The van der Waals surface area contributed by atoms with Crippen molar-refractivity contribution in [2.45, 2.75) is 18.7 Å². The molecule has 7 heteroatoms. The van der Waals surface area contributed by atoms with E-state index in [0.717, 1.165) is 37.3 Å². The fourth-order valence-electron chi connectivity index (χ4n) is 3.58. The standard InChI is InChI=1S/C21H14Br2N2O2S/c22-13-5-3-12(4-6-13)20(26)21-25-17(11-16(24-25)19-2-1-9-28-19)15-10-14(23)7-8-18(15)27-21/h1-10,17,21H,11H2. The minimum absolute atomic E-state index is 0.0252. The molecule has 0 spiro atoms. The number of Topliss-reactive ketones (excluding diaryl/α,β-unsaturated/α-hetero) is 1. The van der Waals surface area contributed by atoms with Crippen LogP contribution in [0.1, 0.15) is 33.3 Å². The predicted molar refractivity (Wildman–Crippen MR) is 117 cm³/mol. The highest BCUT2D eigenvalue weighted by Gasteiger charge is 2.43. The SMILES string of the molecule is O=C(c1ccc(Br)cc1)C1Oc2ccc(Br)cc2C2CC(c3cccs3)=NN12. The number of carbonyl (C=O) groups is 1. The highest BCUT2D eigenvalue weighted by molar-refractivity contribution is 9.10. The van der Waals surface area contributed by atoms with Crippen LogP contribution < -0.4 is 4.74 Å². The van der Waals surface area contributed by atoms with Gasteiger partial charge in [-0.1, -0.05) is 50.1 Å². The fraction of sp³-hybridized carbons (Fsp3) is 0.143. The van der Waals surface area contributed by atoms with Crippen LogP contribution in [0.15, 0.2) is 74.0 Å². The third-order valence-corrected chi connectivity index (χ3v) is 6.85. The number of ketones is 1. The Kier molecular flexibility index (Phi) is 4.61. The van der Waals surface area contributed by atoms with Gasteiger partial charge < -0.3 is 4.74 Å². The van der Waals surface area contributed by atoms with Crippen LogP contribution in [0, 0.1) is 0 Å². The number of halogens is 2. The second kappa shape index (κ2) is 7.13. The third-order valence-electron chi connectivity index (χ3n) is 4.91.